The maximum absolute atomic E-state index is 13.8. The fourth-order valence-electron chi connectivity index (χ4n) is 1.77. The first-order valence-electron chi connectivity index (χ1n) is 5.83. The summed E-state index contributed by atoms with van der Waals surface area (Å²) < 4.78 is 21.8. The number of nitrogens with zero attached hydrogens (tertiary/aromatic N) is 2. The molecule has 102 valence electrons. The Kier molecular flexibility index (Phi) is 4.21. The summed E-state index contributed by atoms with van der Waals surface area (Å²) in [6.07, 6.45) is 3.04. The van der Waals surface area contributed by atoms with Gasteiger partial charge < -0.3 is 10.5 Å². The molecule has 0 spiro atoms. The molecule has 0 saturated heterocycles. The van der Waals surface area contributed by atoms with Gasteiger partial charge >= 0.3 is 0 Å². The molecule has 0 saturated carbocycles. The van der Waals surface area contributed by atoms with Crippen molar-refractivity contribution in [2.45, 2.75) is 19.1 Å². The van der Waals surface area contributed by atoms with Crippen LogP contribution in [-0.2, 0) is 7.05 Å². The Bertz CT molecular complexity index is 571. The quantitative estimate of drug-likeness (QED) is 0.939. The van der Waals surface area contributed by atoms with Crippen LogP contribution in [0.25, 0.3) is 0 Å². The predicted octanol–water partition coefficient (Wildman–Crippen LogP) is 2.79. The Morgan fingerprint density at radius 3 is 2.74 bits per heavy atom. The van der Waals surface area contributed by atoms with Crippen molar-refractivity contribution in [3.63, 3.8) is 0 Å². The highest BCUT2D eigenvalue weighted by atomic mass is 79.9. The van der Waals surface area contributed by atoms with Crippen molar-refractivity contribution in [2.75, 3.05) is 0 Å². The minimum absolute atomic E-state index is 0.175. The van der Waals surface area contributed by atoms with Gasteiger partial charge in [-0.05, 0) is 25.1 Å². The van der Waals surface area contributed by atoms with Crippen molar-refractivity contribution in [3.8, 4) is 5.75 Å². The van der Waals surface area contributed by atoms with Gasteiger partial charge in [0, 0.05) is 29.3 Å². The second kappa shape index (κ2) is 5.71. The Hall–Kier alpha value is -1.40. The van der Waals surface area contributed by atoms with E-state index in [0.29, 0.717) is 4.47 Å². The smallest absolute Gasteiger partial charge is 0.166 e. The van der Waals surface area contributed by atoms with Crippen LogP contribution in [0.3, 0.4) is 0 Å². The van der Waals surface area contributed by atoms with E-state index in [4.69, 9.17) is 10.5 Å². The van der Waals surface area contributed by atoms with Crippen LogP contribution < -0.4 is 10.5 Å². The average molecular weight is 328 g/mol. The molecule has 2 rings (SSSR count). The van der Waals surface area contributed by atoms with Gasteiger partial charge in [0.2, 0.25) is 0 Å². The van der Waals surface area contributed by atoms with Crippen LogP contribution in [-0.4, -0.2) is 15.8 Å². The molecule has 0 fully saturated rings. The van der Waals surface area contributed by atoms with Gasteiger partial charge in [0.15, 0.2) is 11.6 Å². The number of aromatic nitrogens is 2. The maximum Gasteiger partial charge on any atom is 0.166 e. The summed E-state index contributed by atoms with van der Waals surface area (Å²) in [7, 11) is 1.81. The summed E-state index contributed by atoms with van der Waals surface area (Å²) in [6, 6.07) is 4.37. The van der Waals surface area contributed by atoms with Crippen LogP contribution in [0.2, 0.25) is 0 Å². The van der Waals surface area contributed by atoms with E-state index >= 15 is 0 Å². The van der Waals surface area contributed by atoms with Gasteiger partial charge in [-0.15, -0.1) is 0 Å². The van der Waals surface area contributed by atoms with Gasteiger partial charge in [-0.3, -0.25) is 4.68 Å². The van der Waals surface area contributed by atoms with Crippen LogP contribution >= 0.6 is 15.9 Å². The van der Waals surface area contributed by atoms with Crippen LogP contribution in [0.15, 0.2) is 35.1 Å². The van der Waals surface area contributed by atoms with Crippen molar-refractivity contribution in [1.29, 1.82) is 0 Å². The summed E-state index contributed by atoms with van der Waals surface area (Å²) in [5.74, 6) is -0.252. The molecule has 6 heteroatoms. The monoisotopic (exact) mass is 327 g/mol. The summed E-state index contributed by atoms with van der Waals surface area (Å²) in [5.41, 5.74) is 6.73. The van der Waals surface area contributed by atoms with Gasteiger partial charge in [0.1, 0.15) is 6.10 Å². The Morgan fingerprint density at radius 2 is 2.21 bits per heavy atom. The van der Waals surface area contributed by atoms with Crippen LogP contribution in [0.5, 0.6) is 5.75 Å². The van der Waals surface area contributed by atoms with E-state index in [2.05, 4.69) is 21.0 Å². The van der Waals surface area contributed by atoms with Crippen LogP contribution in [0.1, 0.15) is 18.6 Å². The molecule has 0 aliphatic rings. The Morgan fingerprint density at radius 1 is 1.47 bits per heavy atom. The van der Waals surface area contributed by atoms with E-state index in [-0.39, 0.29) is 11.8 Å². The molecule has 0 radical (unpaired) electrons. The summed E-state index contributed by atoms with van der Waals surface area (Å²) >= 11 is 3.21. The van der Waals surface area contributed by atoms with Gasteiger partial charge in [-0.1, -0.05) is 15.9 Å². The number of rotatable bonds is 4. The van der Waals surface area contributed by atoms with Gasteiger partial charge in [0.05, 0.1) is 6.20 Å². The Balaban J connectivity index is 2.26. The van der Waals surface area contributed by atoms with Crippen molar-refractivity contribution in [2.24, 2.45) is 12.8 Å². The molecule has 2 N–H and O–H groups in total. The summed E-state index contributed by atoms with van der Waals surface area (Å²) in [4.78, 5) is 0. The van der Waals surface area contributed by atoms with E-state index < -0.39 is 11.9 Å². The first kappa shape index (κ1) is 14.0. The molecule has 1 aromatic carbocycles. The van der Waals surface area contributed by atoms with E-state index in [1.165, 1.54) is 6.07 Å². The number of aryl methyl sites for hydroxylation is 1. The van der Waals surface area contributed by atoms with Crippen LogP contribution in [0.4, 0.5) is 4.39 Å². The molecule has 0 bridgehead atoms. The zero-order chi connectivity index (χ0) is 14.0. The minimum Gasteiger partial charge on any atom is -0.481 e. The standard InChI is InChI=1S/C13H15BrFN3O/c1-8(16)13(9-6-17-18(2)7-9)19-12-4-3-10(14)5-11(12)15/h3-8,13H,16H2,1-2H3. The Labute approximate surface area is 119 Å². The molecule has 19 heavy (non-hydrogen) atoms. The third kappa shape index (κ3) is 3.33. The first-order chi connectivity index (χ1) is 8.97. The SMILES string of the molecule is CC(N)C(Oc1ccc(Br)cc1F)c1cnn(C)c1. The second-order valence-electron chi connectivity index (χ2n) is 4.42. The molecular formula is C13H15BrFN3O. The third-order valence-corrected chi connectivity index (χ3v) is 3.17. The molecule has 2 unspecified atom stereocenters. The van der Waals surface area contributed by atoms with Gasteiger partial charge in [0.25, 0.3) is 0 Å². The average Bonchev–Trinajstić information content (AvgIpc) is 2.74. The van der Waals surface area contributed by atoms with Crippen molar-refractivity contribution >= 4 is 15.9 Å². The number of halogens is 2. The zero-order valence-corrected chi connectivity index (χ0v) is 12.3. The summed E-state index contributed by atoms with van der Waals surface area (Å²) in [5, 5.41) is 4.08. The highest BCUT2D eigenvalue weighted by molar-refractivity contribution is 9.10. The fraction of sp³-hybridized carbons (Fsp3) is 0.308. The van der Waals surface area contributed by atoms with E-state index in [1.807, 2.05) is 20.2 Å². The van der Waals surface area contributed by atoms with Crippen molar-refractivity contribution in [1.82, 2.24) is 9.78 Å². The lowest BCUT2D eigenvalue weighted by molar-refractivity contribution is 0.172. The zero-order valence-electron chi connectivity index (χ0n) is 10.7. The third-order valence-electron chi connectivity index (χ3n) is 2.68. The number of benzene rings is 1. The van der Waals surface area contributed by atoms with Crippen LogP contribution in [0, 0.1) is 5.82 Å². The lowest BCUT2D eigenvalue weighted by Crippen LogP contribution is -2.29. The minimum atomic E-state index is -0.440. The largest absolute Gasteiger partial charge is 0.481 e. The lowest BCUT2D eigenvalue weighted by atomic mass is 10.1. The van der Waals surface area contributed by atoms with E-state index in [1.54, 1.807) is 23.0 Å². The molecule has 0 aliphatic heterocycles. The molecule has 4 nitrogen and oxygen atoms in total. The highest BCUT2D eigenvalue weighted by Crippen LogP contribution is 2.28. The van der Waals surface area contributed by atoms with E-state index in [0.717, 1.165) is 5.56 Å². The fourth-order valence-corrected chi connectivity index (χ4v) is 2.11. The molecule has 0 amide bonds. The summed E-state index contributed by atoms with van der Waals surface area (Å²) in [6.45, 7) is 1.81. The number of nitrogens with two attached hydrogens (primary N) is 1. The highest BCUT2D eigenvalue weighted by Gasteiger charge is 2.21. The first-order valence-corrected chi connectivity index (χ1v) is 6.62. The normalized spacial score (nSPS) is 14.2. The van der Waals surface area contributed by atoms with Gasteiger partial charge in [-0.2, -0.15) is 5.10 Å². The van der Waals surface area contributed by atoms with Gasteiger partial charge in [-0.25, -0.2) is 4.39 Å². The molecule has 1 heterocycles. The topological polar surface area (TPSA) is 53.1 Å². The molecule has 0 aliphatic carbocycles. The predicted molar refractivity (Wildman–Crippen MR) is 74.3 cm³/mol. The van der Waals surface area contributed by atoms with Crippen molar-refractivity contribution in [3.05, 3.63) is 46.4 Å². The van der Waals surface area contributed by atoms with E-state index in [9.17, 15) is 4.39 Å². The second-order valence-corrected chi connectivity index (χ2v) is 5.34. The van der Waals surface area contributed by atoms with Crippen molar-refractivity contribution < 1.29 is 9.13 Å². The lowest BCUT2D eigenvalue weighted by Gasteiger charge is -2.21. The molecule has 1 aromatic heterocycles. The molecule has 2 aromatic rings. The number of hydrogen-bond acceptors (Lipinski definition) is 3. The number of hydrogen-bond donors (Lipinski definition) is 1. The maximum atomic E-state index is 13.8. The number of ether oxygens (including phenoxy) is 1. The molecule has 2 atom stereocenters. The molecular weight excluding hydrogens is 313 g/mol.